The van der Waals surface area contributed by atoms with Crippen molar-refractivity contribution in [2.45, 2.75) is 19.9 Å². The van der Waals surface area contributed by atoms with E-state index in [0.717, 1.165) is 26.5 Å². The van der Waals surface area contributed by atoms with Gasteiger partial charge in [-0.05, 0) is 43.7 Å². The van der Waals surface area contributed by atoms with Crippen molar-refractivity contribution in [3.8, 4) is 0 Å². The average molecular weight is 522 g/mol. The van der Waals surface area contributed by atoms with Crippen molar-refractivity contribution in [2.75, 3.05) is 6.61 Å². The number of carbonyl (C=O) groups is 1. The highest BCUT2D eigenvalue weighted by Crippen LogP contribution is 2.31. The Bertz CT molecular complexity index is 1590. The molecule has 3 heterocycles. The van der Waals surface area contributed by atoms with Gasteiger partial charge in [0.25, 0.3) is 5.56 Å². The first kappa shape index (κ1) is 21.6. The molecule has 0 unspecified atom stereocenters. The molecule has 0 saturated heterocycles. The van der Waals surface area contributed by atoms with Crippen molar-refractivity contribution in [1.29, 1.82) is 0 Å². The molecule has 0 radical (unpaired) electrons. The molecule has 0 fully saturated rings. The Kier molecular flexibility index (Phi) is 5.64. The van der Waals surface area contributed by atoms with Crippen LogP contribution in [0.1, 0.15) is 31.0 Å². The van der Waals surface area contributed by atoms with E-state index in [4.69, 9.17) is 4.74 Å². The predicted molar refractivity (Wildman–Crippen MR) is 133 cm³/mol. The summed E-state index contributed by atoms with van der Waals surface area (Å²) in [6, 6.07) is 14.9. The number of nitrogens with one attached hydrogen (secondary N) is 1. The van der Waals surface area contributed by atoms with Crippen LogP contribution in [0.4, 0.5) is 0 Å². The summed E-state index contributed by atoms with van der Waals surface area (Å²) >= 11 is 4.78. The standard InChI is InChI=1S/C25H20BrN3O3S/c1-3-32-24(31)21-14(2)28-25-29(22(21)15-8-10-17(26)11-9-15)23(30)20(33-25)12-16-13-27-19-7-5-4-6-18(16)19/h4-13,22,27H,3H2,1-2H3/b20-12+/t22-/m0/s1. The van der Waals surface area contributed by atoms with Gasteiger partial charge in [0.2, 0.25) is 0 Å². The molecule has 6 nitrogen and oxygen atoms in total. The quantitative estimate of drug-likeness (QED) is 0.411. The van der Waals surface area contributed by atoms with Crippen LogP contribution in [0.15, 0.2) is 80.3 Å². The van der Waals surface area contributed by atoms with Crippen LogP contribution >= 0.6 is 27.3 Å². The molecule has 1 aliphatic heterocycles. The monoisotopic (exact) mass is 521 g/mol. The number of nitrogens with zero attached hydrogens (tertiary/aromatic N) is 2. The number of halogens is 1. The Morgan fingerprint density at radius 2 is 2.00 bits per heavy atom. The zero-order valence-electron chi connectivity index (χ0n) is 18.0. The van der Waals surface area contributed by atoms with E-state index in [0.29, 0.717) is 20.6 Å². The molecule has 0 saturated carbocycles. The summed E-state index contributed by atoms with van der Waals surface area (Å²) in [6.45, 7) is 3.79. The summed E-state index contributed by atoms with van der Waals surface area (Å²) < 4.78 is 8.40. The van der Waals surface area contributed by atoms with Gasteiger partial charge < -0.3 is 9.72 Å². The van der Waals surface area contributed by atoms with Gasteiger partial charge in [0.1, 0.15) is 0 Å². The summed E-state index contributed by atoms with van der Waals surface area (Å²) in [4.78, 5) is 35.0. The highest BCUT2D eigenvalue weighted by Gasteiger charge is 2.33. The van der Waals surface area contributed by atoms with Gasteiger partial charge >= 0.3 is 5.97 Å². The van der Waals surface area contributed by atoms with Gasteiger partial charge in [0.15, 0.2) is 4.80 Å². The lowest BCUT2D eigenvalue weighted by Crippen LogP contribution is -2.39. The summed E-state index contributed by atoms with van der Waals surface area (Å²) in [5.74, 6) is -0.461. The number of para-hydroxylation sites is 1. The highest BCUT2D eigenvalue weighted by molar-refractivity contribution is 9.10. The number of hydrogen-bond donors (Lipinski definition) is 1. The maximum Gasteiger partial charge on any atom is 0.338 e. The number of esters is 1. The molecule has 0 spiro atoms. The molecule has 0 bridgehead atoms. The van der Waals surface area contributed by atoms with Gasteiger partial charge in [0.05, 0.1) is 28.5 Å². The summed E-state index contributed by atoms with van der Waals surface area (Å²) in [5, 5.41) is 1.04. The van der Waals surface area contributed by atoms with Crippen molar-refractivity contribution >= 4 is 50.2 Å². The van der Waals surface area contributed by atoms with Gasteiger partial charge in [-0.15, -0.1) is 0 Å². The van der Waals surface area contributed by atoms with Crippen molar-refractivity contribution in [2.24, 2.45) is 4.99 Å². The first-order valence-corrected chi connectivity index (χ1v) is 12.1. The summed E-state index contributed by atoms with van der Waals surface area (Å²) in [7, 11) is 0. The molecule has 1 atom stereocenters. The molecule has 0 aliphatic carbocycles. The summed E-state index contributed by atoms with van der Waals surface area (Å²) in [6.07, 6.45) is 3.77. The van der Waals surface area contributed by atoms with Crippen LogP contribution in [0.25, 0.3) is 17.0 Å². The fourth-order valence-electron chi connectivity index (χ4n) is 4.11. The minimum atomic E-state index is -0.612. The van der Waals surface area contributed by atoms with Crippen molar-refractivity contribution < 1.29 is 9.53 Å². The predicted octanol–water partition coefficient (Wildman–Crippen LogP) is 4.04. The third-order valence-corrected chi connectivity index (χ3v) is 7.12. The number of carbonyl (C=O) groups excluding carboxylic acids is 1. The number of fused-ring (bicyclic) bond motifs is 2. The lowest BCUT2D eigenvalue weighted by atomic mass is 9.96. The lowest BCUT2D eigenvalue weighted by Gasteiger charge is -2.24. The normalized spacial score (nSPS) is 16.1. The number of rotatable bonds is 4. The third-order valence-electron chi connectivity index (χ3n) is 5.61. The lowest BCUT2D eigenvalue weighted by molar-refractivity contribution is -0.139. The van der Waals surface area contributed by atoms with E-state index in [-0.39, 0.29) is 12.2 Å². The summed E-state index contributed by atoms with van der Waals surface area (Å²) in [5.41, 5.74) is 3.50. The molecule has 33 heavy (non-hydrogen) atoms. The van der Waals surface area contributed by atoms with Crippen LogP contribution in [-0.2, 0) is 9.53 Å². The average Bonchev–Trinajstić information content (AvgIpc) is 3.35. The zero-order chi connectivity index (χ0) is 23.1. The van der Waals surface area contributed by atoms with E-state index < -0.39 is 12.0 Å². The van der Waals surface area contributed by atoms with E-state index in [1.807, 2.05) is 60.8 Å². The van der Waals surface area contributed by atoms with Crippen molar-refractivity contribution in [3.63, 3.8) is 0 Å². The van der Waals surface area contributed by atoms with Gasteiger partial charge in [-0.2, -0.15) is 0 Å². The third kappa shape index (κ3) is 3.79. The number of aromatic nitrogens is 2. The molecule has 166 valence electrons. The van der Waals surface area contributed by atoms with Crippen LogP contribution in [0.5, 0.6) is 0 Å². The Labute approximate surface area is 201 Å². The van der Waals surface area contributed by atoms with Gasteiger partial charge in [0, 0.05) is 27.1 Å². The number of hydrogen-bond acceptors (Lipinski definition) is 5. The highest BCUT2D eigenvalue weighted by atomic mass is 79.9. The van der Waals surface area contributed by atoms with Crippen LogP contribution in [0.3, 0.4) is 0 Å². The van der Waals surface area contributed by atoms with E-state index in [1.54, 1.807) is 18.4 Å². The molecule has 1 N–H and O–H groups in total. The van der Waals surface area contributed by atoms with Gasteiger partial charge in [-0.25, -0.2) is 9.79 Å². The molecule has 2 aromatic heterocycles. The second-order valence-corrected chi connectivity index (χ2v) is 9.57. The number of benzene rings is 2. The molecule has 4 aromatic rings. The van der Waals surface area contributed by atoms with Crippen molar-refractivity contribution in [1.82, 2.24) is 9.55 Å². The fourth-order valence-corrected chi connectivity index (χ4v) is 5.41. The minimum absolute atomic E-state index is 0.189. The Balaban J connectivity index is 1.74. The number of thiazole rings is 1. The Hall–Kier alpha value is -3.23. The largest absolute Gasteiger partial charge is 0.463 e. The first-order valence-electron chi connectivity index (χ1n) is 10.5. The van der Waals surface area contributed by atoms with Crippen LogP contribution in [-0.4, -0.2) is 22.1 Å². The van der Waals surface area contributed by atoms with Crippen LogP contribution in [0, 0.1) is 0 Å². The van der Waals surface area contributed by atoms with E-state index in [2.05, 4.69) is 25.9 Å². The van der Waals surface area contributed by atoms with E-state index in [9.17, 15) is 9.59 Å². The maximum atomic E-state index is 13.6. The number of allylic oxidation sites excluding steroid dienone is 1. The Morgan fingerprint density at radius 3 is 2.76 bits per heavy atom. The Morgan fingerprint density at radius 1 is 1.24 bits per heavy atom. The molecule has 5 rings (SSSR count). The second kappa shape index (κ2) is 8.61. The van der Waals surface area contributed by atoms with E-state index >= 15 is 0 Å². The zero-order valence-corrected chi connectivity index (χ0v) is 20.4. The van der Waals surface area contributed by atoms with Gasteiger partial charge in [-0.1, -0.05) is 57.6 Å². The topological polar surface area (TPSA) is 76.4 Å². The SMILES string of the molecule is CCOC(=O)C1=C(C)N=c2s/c(=C/c3c[nH]c4ccccc34)c(=O)n2[C@H]1c1ccc(Br)cc1. The van der Waals surface area contributed by atoms with Crippen molar-refractivity contribution in [3.05, 3.63) is 101 Å². The molecule has 2 aromatic carbocycles. The smallest absolute Gasteiger partial charge is 0.338 e. The number of aromatic amines is 1. The molecule has 8 heteroatoms. The molecular formula is C25H20BrN3O3S. The van der Waals surface area contributed by atoms with Gasteiger partial charge in [-0.3, -0.25) is 9.36 Å². The van der Waals surface area contributed by atoms with Crippen LogP contribution in [0.2, 0.25) is 0 Å². The number of ether oxygens (including phenoxy) is 1. The fraction of sp³-hybridized carbons (Fsp3) is 0.160. The van der Waals surface area contributed by atoms with E-state index in [1.165, 1.54) is 11.3 Å². The first-order chi connectivity index (χ1) is 16.0. The minimum Gasteiger partial charge on any atom is -0.463 e. The van der Waals surface area contributed by atoms with Crippen LogP contribution < -0.4 is 14.9 Å². The molecular weight excluding hydrogens is 502 g/mol. The maximum absolute atomic E-state index is 13.6. The second-order valence-electron chi connectivity index (χ2n) is 7.64. The number of H-pyrrole nitrogens is 1. The molecule has 0 amide bonds. The molecule has 1 aliphatic rings.